The monoisotopic (exact) mass is 262 g/mol. The van der Waals surface area contributed by atoms with Crippen LogP contribution in [0.1, 0.15) is 49.6 Å². The smallest absolute Gasteiger partial charge is 0.149 e. The molecule has 3 rings (SSSR count). The summed E-state index contributed by atoms with van der Waals surface area (Å²) in [6.07, 6.45) is 2.27. The van der Waals surface area contributed by atoms with Gasteiger partial charge in [0.1, 0.15) is 11.6 Å². The molecule has 0 aromatic carbocycles. The molecule has 96 valence electrons. The van der Waals surface area contributed by atoms with Gasteiger partial charge in [0.2, 0.25) is 0 Å². The number of nitrogens with zero attached hydrogens (tertiary/aromatic N) is 3. The van der Waals surface area contributed by atoms with Gasteiger partial charge in [-0.15, -0.1) is 10.2 Å². The Bertz CT molecular complexity index is 517. The minimum absolute atomic E-state index is 0.235. The summed E-state index contributed by atoms with van der Waals surface area (Å²) >= 11 is 1.74. The highest BCUT2D eigenvalue weighted by atomic mass is 32.1. The molecule has 2 aromatic rings. The molecule has 0 aliphatic carbocycles. The van der Waals surface area contributed by atoms with Crippen LogP contribution < -0.4 is 5.32 Å². The number of hydrogen-bond donors (Lipinski definition) is 1. The second-order valence-electron chi connectivity index (χ2n) is 4.90. The Morgan fingerprint density at radius 1 is 1.33 bits per heavy atom. The van der Waals surface area contributed by atoms with E-state index in [9.17, 15) is 0 Å². The van der Waals surface area contributed by atoms with E-state index in [1.54, 1.807) is 11.3 Å². The van der Waals surface area contributed by atoms with Crippen LogP contribution in [0.15, 0.2) is 16.8 Å². The molecular weight excluding hydrogens is 244 g/mol. The van der Waals surface area contributed by atoms with Crippen molar-refractivity contribution >= 4 is 11.3 Å². The van der Waals surface area contributed by atoms with E-state index >= 15 is 0 Å². The molecule has 3 heterocycles. The van der Waals surface area contributed by atoms with Crippen molar-refractivity contribution in [3.05, 3.63) is 34.0 Å². The van der Waals surface area contributed by atoms with E-state index in [0.717, 1.165) is 24.6 Å². The first-order valence-corrected chi connectivity index (χ1v) is 7.40. The van der Waals surface area contributed by atoms with Gasteiger partial charge in [-0.05, 0) is 42.7 Å². The number of thiophene rings is 1. The summed E-state index contributed by atoms with van der Waals surface area (Å²) in [6, 6.07) is 2.75. The van der Waals surface area contributed by atoms with Gasteiger partial charge in [0.05, 0.1) is 6.04 Å². The third-order valence-corrected chi connectivity index (χ3v) is 4.27. The highest BCUT2D eigenvalue weighted by molar-refractivity contribution is 7.07. The fourth-order valence-electron chi connectivity index (χ4n) is 2.56. The summed E-state index contributed by atoms with van der Waals surface area (Å²) < 4.78 is 2.26. The Kier molecular flexibility index (Phi) is 3.18. The van der Waals surface area contributed by atoms with E-state index < -0.39 is 0 Å². The SMILES string of the molecule is CC(NC(C)c1nnc2n1CCC2)c1ccsc1. The van der Waals surface area contributed by atoms with Gasteiger partial charge in [0.25, 0.3) is 0 Å². The Labute approximate surface area is 111 Å². The molecule has 2 aromatic heterocycles. The molecule has 0 saturated carbocycles. The molecule has 0 amide bonds. The molecule has 0 fully saturated rings. The molecule has 18 heavy (non-hydrogen) atoms. The van der Waals surface area contributed by atoms with Crippen molar-refractivity contribution in [2.24, 2.45) is 0 Å². The first-order chi connectivity index (χ1) is 8.75. The summed E-state index contributed by atoms with van der Waals surface area (Å²) in [6.45, 7) is 5.43. The van der Waals surface area contributed by atoms with Gasteiger partial charge >= 0.3 is 0 Å². The average Bonchev–Trinajstić information content (AvgIpc) is 3.06. The molecule has 5 heteroatoms. The zero-order valence-corrected chi connectivity index (χ0v) is 11.6. The summed E-state index contributed by atoms with van der Waals surface area (Å²) in [7, 11) is 0. The maximum Gasteiger partial charge on any atom is 0.149 e. The fourth-order valence-corrected chi connectivity index (χ4v) is 3.31. The zero-order chi connectivity index (χ0) is 12.5. The van der Waals surface area contributed by atoms with Gasteiger partial charge in [-0.1, -0.05) is 0 Å². The molecule has 0 saturated heterocycles. The van der Waals surface area contributed by atoms with Crippen molar-refractivity contribution in [3.8, 4) is 0 Å². The lowest BCUT2D eigenvalue weighted by Gasteiger charge is -2.19. The first-order valence-electron chi connectivity index (χ1n) is 6.46. The maximum atomic E-state index is 4.33. The van der Waals surface area contributed by atoms with Gasteiger partial charge in [-0.2, -0.15) is 11.3 Å². The van der Waals surface area contributed by atoms with E-state index in [2.05, 4.69) is 50.8 Å². The van der Waals surface area contributed by atoms with Gasteiger partial charge in [0, 0.05) is 19.0 Å². The standard InChI is InChI=1S/C13H18N4S/c1-9(11-5-7-18-8-11)14-10(2)13-16-15-12-4-3-6-17(12)13/h5,7-10,14H,3-4,6H2,1-2H3. The second kappa shape index (κ2) is 4.82. The summed E-state index contributed by atoms with van der Waals surface area (Å²) in [4.78, 5) is 0. The van der Waals surface area contributed by atoms with E-state index in [-0.39, 0.29) is 6.04 Å². The molecule has 1 aliphatic rings. The molecule has 2 unspecified atom stereocenters. The van der Waals surface area contributed by atoms with Crippen molar-refractivity contribution in [2.45, 2.75) is 45.3 Å². The summed E-state index contributed by atoms with van der Waals surface area (Å²) in [5.41, 5.74) is 1.34. The Morgan fingerprint density at radius 3 is 3.00 bits per heavy atom. The quantitative estimate of drug-likeness (QED) is 0.921. The number of rotatable bonds is 4. The highest BCUT2D eigenvalue weighted by Gasteiger charge is 2.22. The number of fused-ring (bicyclic) bond motifs is 1. The third kappa shape index (κ3) is 2.08. The van der Waals surface area contributed by atoms with Crippen LogP contribution in [-0.2, 0) is 13.0 Å². The van der Waals surface area contributed by atoms with Crippen molar-refractivity contribution in [2.75, 3.05) is 0 Å². The van der Waals surface area contributed by atoms with Crippen LogP contribution in [0.5, 0.6) is 0 Å². The number of aryl methyl sites for hydroxylation is 1. The van der Waals surface area contributed by atoms with E-state index in [1.165, 1.54) is 12.0 Å². The topological polar surface area (TPSA) is 42.7 Å². The molecule has 0 bridgehead atoms. The van der Waals surface area contributed by atoms with Crippen molar-refractivity contribution in [3.63, 3.8) is 0 Å². The molecule has 2 atom stereocenters. The van der Waals surface area contributed by atoms with E-state index in [0.29, 0.717) is 6.04 Å². The van der Waals surface area contributed by atoms with E-state index in [1.807, 2.05) is 0 Å². The predicted molar refractivity (Wildman–Crippen MR) is 72.6 cm³/mol. The lowest BCUT2D eigenvalue weighted by Crippen LogP contribution is -2.24. The van der Waals surface area contributed by atoms with Crippen molar-refractivity contribution in [1.82, 2.24) is 20.1 Å². The van der Waals surface area contributed by atoms with Crippen LogP contribution in [0.25, 0.3) is 0 Å². The lowest BCUT2D eigenvalue weighted by atomic mass is 10.1. The number of hydrogen-bond acceptors (Lipinski definition) is 4. The largest absolute Gasteiger partial charge is 0.314 e. The predicted octanol–water partition coefficient (Wildman–Crippen LogP) is 2.70. The van der Waals surface area contributed by atoms with Gasteiger partial charge < -0.3 is 9.88 Å². The van der Waals surface area contributed by atoms with Gasteiger partial charge in [0.15, 0.2) is 0 Å². The van der Waals surface area contributed by atoms with Crippen molar-refractivity contribution < 1.29 is 0 Å². The highest BCUT2D eigenvalue weighted by Crippen LogP contribution is 2.23. The Balaban J connectivity index is 1.73. The van der Waals surface area contributed by atoms with Gasteiger partial charge in [-0.3, -0.25) is 0 Å². The minimum Gasteiger partial charge on any atom is -0.314 e. The number of nitrogens with one attached hydrogen (secondary N) is 1. The number of aromatic nitrogens is 3. The molecule has 4 nitrogen and oxygen atoms in total. The third-order valence-electron chi connectivity index (χ3n) is 3.57. The van der Waals surface area contributed by atoms with Crippen molar-refractivity contribution in [1.29, 1.82) is 0 Å². The van der Waals surface area contributed by atoms with Crippen LogP contribution in [0, 0.1) is 0 Å². The maximum absolute atomic E-state index is 4.33. The van der Waals surface area contributed by atoms with Crippen LogP contribution in [0.2, 0.25) is 0 Å². The molecule has 0 radical (unpaired) electrons. The minimum atomic E-state index is 0.235. The van der Waals surface area contributed by atoms with Crippen LogP contribution >= 0.6 is 11.3 Å². The molecule has 1 aliphatic heterocycles. The molecule has 1 N–H and O–H groups in total. The van der Waals surface area contributed by atoms with Crippen LogP contribution in [-0.4, -0.2) is 14.8 Å². The molecular formula is C13H18N4S. The summed E-state index contributed by atoms with van der Waals surface area (Å²) in [5, 5.41) is 16.5. The average molecular weight is 262 g/mol. The Hall–Kier alpha value is -1.20. The molecule has 0 spiro atoms. The van der Waals surface area contributed by atoms with Crippen LogP contribution in [0.3, 0.4) is 0 Å². The normalized spacial score (nSPS) is 17.7. The van der Waals surface area contributed by atoms with Gasteiger partial charge in [-0.25, -0.2) is 0 Å². The zero-order valence-electron chi connectivity index (χ0n) is 10.8. The second-order valence-corrected chi connectivity index (χ2v) is 5.68. The van der Waals surface area contributed by atoms with E-state index in [4.69, 9.17) is 0 Å². The first kappa shape index (κ1) is 11.9. The fraction of sp³-hybridized carbons (Fsp3) is 0.538. The summed E-state index contributed by atoms with van der Waals surface area (Å²) in [5.74, 6) is 2.21. The van der Waals surface area contributed by atoms with Crippen LogP contribution in [0.4, 0.5) is 0 Å². The lowest BCUT2D eigenvalue weighted by molar-refractivity contribution is 0.460. The Morgan fingerprint density at radius 2 is 2.22 bits per heavy atom.